The average Bonchev–Trinajstić information content (AvgIpc) is 2.61. The van der Waals surface area contributed by atoms with Crippen LogP contribution in [0.25, 0.3) is 0 Å². The van der Waals surface area contributed by atoms with Gasteiger partial charge >= 0.3 is 11.9 Å². The summed E-state index contributed by atoms with van der Waals surface area (Å²) in [5.41, 5.74) is -1.61. The van der Waals surface area contributed by atoms with Crippen molar-refractivity contribution in [3.8, 4) is 0 Å². The molecule has 0 radical (unpaired) electrons. The van der Waals surface area contributed by atoms with E-state index in [-0.39, 0.29) is 41.6 Å². The molecule has 186 valence electrons. The maximum Gasteiger partial charge on any atom is 0.309 e. The third kappa shape index (κ3) is 6.01. The van der Waals surface area contributed by atoms with Gasteiger partial charge in [0.1, 0.15) is 12.2 Å². The van der Waals surface area contributed by atoms with Gasteiger partial charge in [-0.15, -0.1) is 0 Å². The van der Waals surface area contributed by atoms with E-state index in [1.54, 1.807) is 0 Å². The van der Waals surface area contributed by atoms with E-state index in [0.717, 1.165) is 0 Å². The quantitative estimate of drug-likeness (QED) is 0.460. The summed E-state index contributed by atoms with van der Waals surface area (Å²) in [5, 5.41) is 13.7. The van der Waals surface area contributed by atoms with Crippen molar-refractivity contribution in [1.29, 1.82) is 0 Å². The summed E-state index contributed by atoms with van der Waals surface area (Å²) in [5.74, 6) is 4.99. The van der Waals surface area contributed by atoms with Crippen molar-refractivity contribution in [3.63, 3.8) is 0 Å². The van der Waals surface area contributed by atoms with Crippen LogP contribution in [0.1, 0.15) is 101 Å². The van der Waals surface area contributed by atoms with Crippen molar-refractivity contribution in [2.75, 3.05) is 0 Å². The molecule has 2 aliphatic rings. The van der Waals surface area contributed by atoms with Gasteiger partial charge in [-0.25, -0.2) is 5.01 Å². The molecule has 3 N–H and O–H groups in total. The zero-order valence-corrected chi connectivity index (χ0v) is 21.5. The molecule has 2 fully saturated rings. The lowest BCUT2D eigenvalue weighted by Crippen LogP contribution is -2.65. The number of hydroxylamine groups is 2. The molecule has 8 heteroatoms. The first-order valence-corrected chi connectivity index (χ1v) is 11.9. The minimum atomic E-state index is -0.545. The molecule has 2 rings (SSSR count). The average molecular weight is 456 g/mol. The van der Waals surface area contributed by atoms with Crippen LogP contribution >= 0.6 is 0 Å². The fourth-order valence-electron chi connectivity index (χ4n) is 5.64. The standard InChI is InChI=1S/C24H45N3O5/c1-10-16(20(29)32-18-14-23(6,7)27(30)24(8,9)15-18)11-19(28)31-17-12-21(2,3)26(25)22(4,5)13-17/h16-18,30H,10-15,25H2,1-9H3. The lowest BCUT2D eigenvalue weighted by Gasteiger charge is -2.52. The Morgan fingerprint density at radius 1 is 0.875 bits per heavy atom. The number of hydrogen-bond acceptors (Lipinski definition) is 8. The molecule has 0 aromatic carbocycles. The second kappa shape index (κ2) is 9.20. The molecule has 0 spiro atoms. The van der Waals surface area contributed by atoms with Gasteiger partial charge in [-0.2, -0.15) is 5.06 Å². The second-order valence-electron chi connectivity index (χ2n) is 12.2. The maximum absolute atomic E-state index is 12.9. The Morgan fingerprint density at radius 3 is 1.72 bits per heavy atom. The van der Waals surface area contributed by atoms with Crippen LogP contribution in [0.15, 0.2) is 0 Å². The van der Waals surface area contributed by atoms with Gasteiger partial charge in [0, 0.05) is 47.8 Å². The molecule has 0 bridgehead atoms. The SMILES string of the molecule is CCC(CC(=O)OC1CC(C)(C)N(N)C(C)(C)C1)C(=O)OC1CC(C)(C)N(O)C(C)(C)C1. The van der Waals surface area contributed by atoms with Crippen LogP contribution in [-0.4, -0.2) is 61.6 Å². The predicted octanol–water partition coefficient (Wildman–Crippen LogP) is 3.80. The highest BCUT2D eigenvalue weighted by atomic mass is 16.6. The fraction of sp³-hybridized carbons (Fsp3) is 0.917. The second-order valence-corrected chi connectivity index (χ2v) is 12.2. The third-order valence-electron chi connectivity index (χ3n) is 7.18. The Labute approximate surface area is 193 Å². The summed E-state index contributed by atoms with van der Waals surface area (Å²) in [6, 6.07) is 0. The molecule has 2 saturated heterocycles. The molecule has 8 nitrogen and oxygen atoms in total. The molecule has 0 saturated carbocycles. The molecule has 0 aromatic heterocycles. The van der Waals surface area contributed by atoms with Gasteiger partial charge in [0.15, 0.2) is 0 Å². The first-order valence-electron chi connectivity index (χ1n) is 11.9. The lowest BCUT2D eigenvalue weighted by atomic mass is 9.80. The summed E-state index contributed by atoms with van der Waals surface area (Å²) < 4.78 is 11.6. The normalized spacial score (nSPS) is 27.0. The summed E-state index contributed by atoms with van der Waals surface area (Å²) >= 11 is 0. The highest BCUT2D eigenvalue weighted by Gasteiger charge is 2.47. The molecule has 2 aliphatic heterocycles. The predicted molar refractivity (Wildman–Crippen MR) is 123 cm³/mol. The van der Waals surface area contributed by atoms with Crippen LogP contribution in [0.3, 0.4) is 0 Å². The molecule has 1 atom stereocenters. The third-order valence-corrected chi connectivity index (χ3v) is 7.18. The molecule has 0 aliphatic carbocycles. The van der Waals surface area contributed by atoms with Gasteiger partial charge in [0.05, 0.1) is 12.3 Å². The van der Waals surface area contributed by atoms with E-state index in [2.05, 4.69) is 0 Å². The summed E-state index contributed by atoms with van der Waals surface area (Å²) in [6.07, 6.45) is 2.30. The number of piperidine rings is 2. The van der Waals surface area contributed by atoms with Crippen molar-refractivity contribution < 1.29 is 24.3 Å². The Kier molecular flexibility index (Phi) is 7.77. The first kappa shape index (κ1) is 27.0. The largest absolute Gasteiger partial charge is 0.462 e. The van der Waals surface area contributed by atoms with Crippen molar-refractivity contribution in [2.24, 2.45) is 11.8 Å². The Balaban J connectivity index is 1.96. The molecule has 0 amide bonds. The van der Waals surface area contributed by atoms with Crippen molar-refractivity contribution in [2.45, 2.75) is 135 Å². The van der Waals surface area contributed by atoms with Gasteiger partial charge in [-0.1, -0.05) is 6.92 Å². The van der Waals surface area contributed by atoms with Gasteiger partial charge in [0.2, 0.25) is 0 Å². The van der Waals surface area contributed by atoms with E-state index in [0.29, 0.717) is 32.1 Å². The number of esters is 2. The maximum atomic E-state index is 12.9. The van der Waals surface area contributed by atoms with Crippen LogP contribution in [0.5, 0.6) is 0 Å². The lowest BCUT2D eigenvalue weighted by molar-refractivity contribution is -0.260. The monoisotopic (exact) mass is 455 g/mol. The molecule has 1 unspecified atom stereocenters. The minimum absolute atomic E-state index is 0.00462. The number of nitrogens with zero attached hydrogens (tertiary/aromatic N) is 2. The fourth-order valence-corrected chi connectivity index (χ4v) is 5.64. The van der Waals surface area contributed by atoms with Crippen LogP contribution < -0.4 is 5.84 Å². The number of rotatable bonds is 6. The smallest absolute Gasteiger partial charge is 0.309 e. The van der Waals surface area contributed by atoms with E-state index in [1.165, 1.54) is 5.06 Å². The molecular formula is C24H45N3O5. The van der Waals surface area contributed by atoms with E-state index in [9.17, 15) is 14.8 Å². The van der Waals surface area contributed by atoms with Crippen molar-refractivity contribution in [3.05, 3.63) is 0 Å². The molecule has 32 heavy (non-hydrogen) atoms. The summed E-state index contributed by atoms with van der Waals surface area (Å²) in [6.45, 7) is 17.8. The van der Waals surface area contributed by atoms with Crippen LogP contribution in [-0.2, 0) is 19.1 Å². The number of nitrogens with two attached hydrogens (primary N) is 1. The van der Waals surface area contributed by atoms with E-state index >= 15 is 0 Å². The van der Waals surface area contributed by atoms with Gasteiger partial charge < -0.3 is 14.7 Å². The molecular weight excluding hydrogens is 410 g/mol. The first-order chi connectivity index (χ1) is 14.4. The van der Waals surface area contributed by atoms with Gasteiger partial charge in [-0.3, -0.25) is 15.4 Å². The van der Waals surface area contributed by atoms with E-state index < -0.39 is 17.0 Å². The van der Waals surface area contributed by atoms with Crippen LogP contribution in [0.4, 0.5) is 0 Å². The number of hydrazine groups is 1. The topological polar surface area (TPSA) is 105 Å². The number of carbonyl (C=O) groups is 2. The van der Waals surface area contributed by atoms with E-state index in [4.69, 9.17) is 15.3 Å². The zero-order chi connectivity index (χ0) is 24.7. The van der Waals surface area contributed by atoms with Gasteiger partial charge in [0.25, 0.3) is 0 Å². The Bertz CT molecular complexity index is 668. The zero-order valence-electron chi connectivity index (χ0n) is 21.5. The minimum Gasteiger partial charge on any atom is -0.462 e. The van der Waals surface area contributed by atoms with Gasteiger partial charge in [-0.05, 0) is 61.8 Å². The van der Waals surface area contributed by atoms with E-state index in [1.807, 2.05) is 67.3 Å². The van der Waals surface area contributed by atoms with Crippen molar-refractivity contribution in [1.82, 2.24) is 10.1 Å². The highest BCUT2D eigenvalue weighted by molar-refractivity contribution is 5.80. The van der Waals surface area contributed by atoms with Crippen molar-refractivity contribution >= 4 is 11.9 Å². The molecule has 2 heterocycles. The summed E-state index contributed by atoms with van der Waals surface area (Å²) in [7, 11) is 0. The number of hydrogen-bond donors (Lipinski definition) is 2. The number of ether oxygens (including phenoxy) is 2. The molecule has 0 aromatic rings. The number of carbonyl (C=O) groups excluding carboxylic acids is 2. The Morgan fingerprint density at radius 2 is 1.28 bits per heavy atom. The van der Waals surface area contributed by atoms with Crippen LogP contribution in [0.2, 0.25) is 0 Å². The van der Waals surface area contributed by atoms with Crippen LogP contribution in [0, 0.1) is 5.92 Å². The summed E-state index contributed by atoms with van der Waals surface area (Å²) in [4.78, 5) is 25.6. The highest BCUT2D eigenvalue weighted by Crippen LogP contribution is 2.39. The Hall–Kier alpha value is -1.22.